The summed E-state index contributed by atoms with van der Waals surface area (Å²) in [6.07, 6.45) is 0. The molecule has 92 valence electrons. The first-order chi connectivity index (χ1) is 8.58. The molecule has 0 heterocycles. The molecule has 0 aromatic heterocycles. The summed E-state index contributed by atoms with van der Waals surface area (Å²) >= 11 is 5.69. The van der Waals surface area contributed by atoms with Crippen LogP contribution in [-0.2, 0) is 0 Å². The summed E-state index contributed by atoms with van der Waals surface area (Å²) in [4.78, 5) is 12.1. The van der Waals surface area contributed by atoms with Crippen molar-refractivity contribution in [1.29, 1.82) is 0 Å². The zero-order chi connectivity index (χ0) is 13.1. The molecule has 0 aliphatic rings. The molecule has 0 bridgehead atoms. The third-order valence-electron chi connectivity index (χ3n) is 2.55. The van der Waals surface area contributed by atoms with Crippen molar-refractivity contribution in [3.8, 4) is 0 Å². The van der Waals surface area contributed by atoms with Crippen LogP contribution < -0.4 is 5.32 Å². The fourth-order valence-corrected chi connectivity index (χ4v) is 2.26. The Morgan fingerprint density at radius 1 is 1.17 bits per heavy atom. The standard InChI is InChI=1S/C14H11BrINO/c1-9-3-2-4-12(13(9)15)17-14(18)10-5-7-11(16)8-6-10/h2-8H,1H3,(H,17,18). The Morgan fingerprint density at radius 3 is 2.50 bits per heavy atom. The third-order valence-corrected chi connectivity index (χ3v) is 4.32. The quantitative estimate of drug-likeness (QED) is 0.712. The van der Waals surface area contributed by atoms with E-state index in [1.807, 2.05) is 49.4 Å². The van der Waals surface area contributed by atoms with E-state index in [1.165, 1.54) is 0 Å². The molecule has 18 heavy (non-hydrogen) atoms. The summed E-state index contributed by atoms with van der Waals surface area (Å²) < 4.78 is 2.03. The Bertz CT molecular complexity index is 581. The van der Waals surface area contributed by atoms with Gasteiger partial charge in [-0.15, -0.1) is 0 Å². The van der Waals surface area contributed by atoms with Gasteiger partial charge in [0.1, 0.15) is 0 Å². The summed E-state index contributed by atoms with van der Waals surface area (Å²) in [7, 11) is 0. The van der Waals surface area contributed by atoms with Crippen molar-refractivity contribution in [2.24, 2.45) is 0 Å². The molecule has 0 fully saturated rings. The number of halogens is 2. The molecule has 2 aromatic rings. The van der Waals surface area contributed by atoms with Crippen molar-refractivity contribution in [1.82, 2.24) is 0 Å². The number of carbonyl (C=O) groups excluding carboxylic acids is 1. The second-order valence-corrected chi connectivity index (χ2v) is 5.94. The number of carbonyl (C=O) groups is 1. The van der Waals surface area contributed by atoms with E-state index in [1.54, 1.807) is 0 Å². The van der Waals surface area contributed by atoms with Gasteiger partial charge in [-0.25, -0.2) is 0 Å². The van der Waals surface area contributed by atoms with Gasteiger partial charge in [0.2, 0.25) is 0 Å². The molecule has 0 spiro atoms. The van der Waals surface area contributed by atoms with Gasteiger partial charge in [-0.3, -0.25) is 4.79 Å². The van der Waals surface area contributed by atoms with Crippen LogP contribution >= 0.6 is 38.5 Å². The number of nitrogens with one attached hydrogen (secondary N) is 1. The minimum Gasteiger partial charge on any atom is -0.321 e. The lowest BCUT2D eigenvalue weighted by atomic mass is 10.2. The highest BCUT2D eigenvalue weighted by Crippen LogP contribution is 2.26. The van der Waals surface area contributed by atoms with Crippen molar-refractivity contribution in [2.45, 2.75) is 6.92 Å². The smallest absolute Gasteiger partial charge is 0.255 e. The van der Waals surface area contributed by atoms with Crippen molar-refractivity contribution < 1.29 is 4.79 Å². The summed E-state index contributed by atoms with van der Waals surface area (Å²) in [5, 5.41) is 2.90. The average Bonchev–Trinajstić information content (AvgIpc) is 2.36. The van der Waals surface area contributed by atoms with Crippen LogP contribution in [0.5, 0.6) is 0 Å². The number of hydrogen-bond acceptors (Lipinski definition) is 1. The molecule has 0 aliphatic carbocycles. The van der Waals surface area contributed by atoms with E-state index < -0.39 is 0 Å². The molecule has 2 rings (SSSR count). The molecule has 2 aromatic carbocycles. The van der Waals surface area contributed by atoms with Gasteiger partial charge in [0.25, 0.3) is 5.91 Å². The van der Waals surface area contributed by atoms with Crippen LogP contribution in [0.4, 0.5) is 5.69 Å². The molecule has 0 saturated heterocycles. The monoisotopic (exact) mass is 415 g/mol. The third kappa shape index (κ3) is 3.11. The van der Waals surface area contributed by atoms with Crippen LogP contribution in [0, 0.1) is 10.5 Å². The zero-order valence-corrected chi connectivity index (χ0v) is 13.4. The minimum atomic E-state index is -0.0994. The molecule has 1 N–H and O–H groups in total. The molecule has 0 atom stereocenters. The van der Waals surface area contributed by atoms with E-state index in [-0.39, 0.29) is 5.91 Å². The Hall–Kier alpha value is -0.880. The highest BCUT2D eigenvalue weighted by atomic mass is 127. The van der Waals surface area contributed by atoms with Crippen LogP contribution in [-0.4, -0.2) is 5.91 Å². The van der Waals surface area contributed by atoms with Gasteiger partial charge in [0.05, 0.1) is 5.69 Å². The second kappa shape index (κ2) is 5.84. The molecule has 1 amide bonds. The highest BCUT2D eigenvalue weighted by Gasteiger charge is 2.08. The van der Waals surface area contributed by atoms with Gasteiger partial charge in [-0.05, 0) is 81.3 Å². The molecule has 0 unspecified atom stereocenters. The van der Waals surface area contributed by atoms with Crippen molar-refractivity contribution >= 4 is 50.1 Å². The van der Waals surface area contributed by atoms with Gasteiger partial charge in [0.15, 0.2) is 0 Å². The summed E-state index contributed by atoms with van der Waals surface area (Å²) in [6.45, 7) is 1.99. The molecule has 4 heteroatoms. The Kier molecular flexibility index (Phi) is 4.40. The number of aryl methyl sites for hydroxylation is 1. The lowest BCUT2D eigenvalue weighted by Gasteiger charge is -2.09. The topological polar surface area (TPSA) is 29.1 Å². The summed E-state index contributed by atoms with van der Waals surface area (Å²) in [5.74, 6) is -0.0994. The minimum absolute atomic E-state index is 0.0994. The maximum atomic E-state index is 12.1. The predicted molar refractivity (Wildman–Crippen MR) is 86.0 cm³/mol. The molecular weight excluding hydrogens is 405 g/mol. The van der Waals surface area contributed by atoms with Gasteiger partial charge < -0.3 is 5.32 Å². The summed E-state index contributed by atoms with van der Waals surface area (Å²) in [5.41, 5.74) is 2.54. The number of anilines is 1. The van der Waals surface area contributed by atoms with E-state index >= 15 is 0 Å². The molecule has 0 saturated carbocycles. The fourth-order valence-electron chi connectivity index (χ4n) is 1.54. The Labute approximate surface area is 128 Å². The second-order valence-electron chi connectivity index (χ2n) is 3.90. The Balaban J connectivity index is 2.21. The van der Waals surface area contributed by atoms with Crippen LogP contribution in [0.25, 0.3) is 0 Å². The largest absolute Gasteiger partial charge is 0.321 e. The predicted octanol–water partition coefficient (Wildman–Crippen LogP) is 4.61. The van der Waals surface area contributed by atoms with E-state index in [0.717, 1.165) is 19.3 Å². The number of rotatable bonds is 2. The average molecular weight is 416 g/mol. The van der Waals surface area contributed by atoms with Crippen LogP contribution in [0.1, 0.15) is 15.9 Å². The fraction of sp³-hybridized carbons (Fsp3) is 0.0714. The first-order valence-corrected chi connectivity index (χ1v) is 7.27. The van der Waals surface area contributed by atoms with Gasteiger partial charge in [-0.1, -0.05) is 12.1 Å². The van der Waals surface area contributed by atoms with Crippen LogP contribution in [0.15, 0.2) is 46.9 Å². The maximum absolute atomic E-state index is 12.1. The van der Waals surface area contributed by atoms with Gasteiger partial charge in [0, 0.05) is 13.6 Å². The van der Waals surface area contributed by atoms with E-state index in [2.05, 4.69) is 43.8 Å². The van der Waals surface area contributed by atoms with Gasteiger partial charge >= 0.3 is 0 Å². The normalized spacial score (nSPS) is 10.2. The van der Waals surface area contributed by atoms with Crippen LogP contribution in [0.3, 0.4) is 0 Å². The molecule has 2 nitrogen and oxygen atoms in total. The van der Waals surface area contributed by atoms with E-state index in [0.29, 0.717) is 5.56 Å². The van der Waals surface area contributed by atoms with Crippen LogP contribution in [0.2, 0.25) is 0 Å². The number of benzene rings is 2. The molecule has 0 radical (unpaired) electrons. The van der Waals surface area contributed by atoms with E-state index in [9.17, 15) is 4.79 Å². The zero-order valence-electron chi connectivity index (χ0n) is 9.71. The molecule has 0 aliphatic heterocycles. The van der Waals surface area contributed by atoms with Gasteiger partial charge in [-0.2, -0.15) is 0 Å². The SMILES string of the molecule is Cc1cccc(NC(=O)c2ccc(I)cc2)c1Br. The lowest BCUT2D eigenvalue weighted by molar-refractivity contribution is 0.102. The van der Waals surface area contributed by atoms with Crippen molar-refractivity contribution in [3.05, 3.63) is 61.6 Å². The number of hydrogen-bond donors (Lipinski definition) is 1. The maximum Gasteiger partial charge on any atom is 0.255 e. The first kappa shape index (κ1) is 13.5. The van der Waals surface area contributed by atoms with Crippen molar-refractivity contribution in [3.63, 3.8) is 0 Å². The number of amides is 1. The molecular formula is C14H11BrINO. The Morgan fingerprint density at radius 2 is 1.83 bits per heavy atom. The summed E-state index contributed by atoms with van der Waals surface area (Å²) in [6, 6.07) is 13.3. The lowest BCUT2D eigenvalue weighted by Crippen LogP contribution is -2.12. The van der Waals surface area contributed by atoms with E-state index in [4.69, 9.17) is 0 Å². The first-order valence-electron chi connectivity index (χ1n) is 5.40. The van der Waals surface area contributed by atoms with Crippen molar-refractivity contribution in [2.75, 3.05) is 5.32 Å². The highest BCUT2D eigenvalue weighted by molar-refractivity contribution is 14.1.